The molecule has 1 aliphatic carbocycles. The molecule has 2 rings (SSSR count). The summed E-state index contributed by atoms with van der Waals surface area (Å²) in [5, 5.41) is 9.01. The molecular formula is C11H11BrO2. The van der Waals surface area contributed by atoms with Gasteiger partial charge in [0.1, 0.15) is 0 Å². The number of hydrogen-bond acceptors (Lipinski definition) is 1. The average molecular weight is 255 g/mol. The van der Waals surface area contributed by atoms with Crippen LogP contribution >= 0.6 is 15.9 Å². The Hall–Kier alpha value is -0.830. The normalized spacial score (nSPS) is 24.7. The van der Waals surface area contributed by atoms with Crippen LogP contribution in [0.2, 0.25) is 0 Å². The highest BCUT2D eigenvalue weighted by atomic mass is 79.9. The van der Waals surface area contributed by atoms with Crippen molar-refractivity contribution in [2.75, 3.05) is 0 Å². The molecule has 0 unspecified atom stereocenters. The molecule has 1 aromatic rings. The minimum Gasteiger partial charge on any atom is -0.481 e. The molecule has 3 heteroatoms. The van der Waals surface area contributed by atoms with E-state index in [2.05, 4.69) is 15.9 Å². The zero-order chi connectivity index (χ0) is 10.3. The first kappa shape index (κ1) is 9.71. The Morgan fingerprint density at radius 3 is 2.93 bits per heavy atom. The number of aliphatic carboxylic acids is 1. The first-order valence-electron chi connectivity index (χ1n) is 4.60. The van der Waals surface area contributed by atoms with Gasteiger partial charge in [-0.3, -0.25) is 4.79 Å². The summed E-state index contributed by atoms with van der Waals surface area (Å²) in [5.74, 6) is -0.806. The smallest absolute Gasteiger partial charge is 0.307 e. The fourth-order valence-corrected chi connectivity index (χ4v) is 2.54. The Morgan fingerprint density at radius 1 is 1.57 bits per heavy atom. The largest absolute Gasteiger partial charge is 0.481 e. The van der Waals surface area contributed by atoms with E-state index in [1.807, 2.05) is 25.1 Å². The number of carboxylic acid groups (broad SMARTS) is 1. The van der Waals surface area contributed by atoms with Gasteiger partial charge < -0.3 is 5.11 Å². The second-order valence-corrected chi connectivity index (χ2v) is 4.70. The Labute approximate surface area is 91.1 Å². The SMILES string of the molecule is C[C@@H]1c2ccc(Br)cc2C[C@H]1C(=O)O. The van der Waals surface area contributed by atoms with Crippen LogP contribution in [0, 0.1) is 5.92 Å². The van der Waals surface area contributed by atoms with E-state index in [9.17, 15) is 4.79 Å². The number of carboxylic acids is 1. The van der Waals surface area contributed by atoms with Gasteiger partial charge in [0.05, 0.1) is 5.92 Å². The summed E-state index contributed by atoms with van der Waals surface area (Å²) >= 11 is 3.39. The highest BCUT2D eigenvalue weighted by molar-refractivity contribution is 9.10. The van der Waals surface area contributed by atoms with Gasteiger partial charge in [0.15, 0.2) is 0 Å². The van der Waals surface area contributed by atoms with Gasteiger partial charge in [-0.15, -0.1) is 0 Å². The third kappa shape index (κ3) is 1.46. The summed E-state index contributed by atoms with van der Waals surface area (Å²) in [6.45, 7) is 1.98. The quantitative estimate of drug-likeness (QED) is 0.837. The third-order valence-corrected chi connectivity index (χ3v) is 3.45. The monoisotopic (exact) mass is 254 g/mol. The second kappa shape index (κ2) is 3.39. The Bertz CT molecular complexity index is 387. The predicted molar refractivity (Wildman–Crippen MR) is 57.4 cm³/mol. The maximum atomic E-state index is 11.0. The maximum Gasteiger partial charge on any atom is 0.307 e. The number of hydrogen-bond donors (Lipinski definition) is 1. The number of fused-ring (bicyclic) bond motifs is 1. The molecule has 1 N–H and O–H groups in total. The number of carbonyl (C=O) groups is 1. The number of rotatable bonds is 1. The van der Waals surface area contributed by atoms with E-state index in [4.69, 9.17) is 5.11 Å². The van der Waals surface area contributed by atoms with Gasteiger partial charge in [-0.1, -0.05) is 28.9 Å². The zero-order valence-corrected chi connectivity index (χ0v) is 9.41. The van der Waals surface area contributed by atoms with Crippen molar-refractivity contribution >= 4 is 21.9 Å². The molecule has 74 valence electrons. The maximum absolute atomic E-state index is 11.0. The van der Waals surface area contributed by atoms with Gasteiger partial charge in [0, 0.05) is 4.47 Å². The van der Waals surface area contributed by atoms with E-state index in [1.165, 1.54) is 11.1 Å². The summed E-state index contributed by atoms with van der Waals surface area (Å²) in [6.07, 6.45) is 0.658. The van der Waals surface area contributed by atoms with Gasteiger partial charge in [0.25, 0.3) is 0 Å². The summed E-state index contributed by atoms with van der Waals surface area (Å²) in [7, 11) is 0. The molecule has 0 aliphatic heterocycles. The average Bonchev–Trinajstić information content (AvgIpc) is 2.43. The van der Waals surface area contributed by atoms with Crippen molar-refractivity contribution < 1.29 is 9.90 Å². The van der Waals surface area contributed by atoms with Crippen LogP contribution in [-0.4, -0.2) is 11.1 Å². The topological polar surface area (TPSA) is 37.3 Å². The molecule has 0 fully saturated rings. The molecule has 1 aliphatic rings. The summed E-state index contributed by atoms with van der Waals surface area (Å²) in [5.41, 5.74) is 2.35. The first-order valence-corrected chi connectivity index (χ1v) is 5.40. The van der Waals surface area contributed by atoms with Crippen molar-refractivity contribution in [2.45, 2.75) is 19.3 Å². The summed E-state index contributed by atoms with van der Waals surface area (Å²) < 4.78 is 1.02. The molecule has 0 saturated heterocycles. The Kier molecular flexibility index (Phi) is 2.35. The Morgan fingerprint density at radius 2 is 2.29 bits per heavy atom. The lowest BCUT2D eigenvalue weighted by molar-refractivity contribution is -0.142. The molecule has 0 bridgehead atoms. The standard InChI is InChI=1S/C11H11BrO2/c1-6-9-3-2-8(12)4-7(9)5-10(6)11(13)14/h2-4,6,10H,5H2,1H3,(H,13,14)/t6-,10-/m1/s1. The van der Waals surface area contributed by atoms with Gasteiger partial charge in [-0.2, -0.15) is 0 Å². The molecule has 0 amide bonds. The van der Waals surface area contributed by atoms with Crippen LogP contribution in [0.15, 0.2) is 22.7 Å². The lowest BCUT2D eigenvalue weighted by Crippen LogP contribution is -2.16. The molecule has 2 atom stereocenters. The van der Waals surface area contributed by atoms with Gasteiger partial charge in [-0.05, 0) is 35.6 Å². The van der Waals surface area contributed by atoms with E-state index in [0.717, 1.165) is 4.47 Å². The minimum absolute atomic E-state index is 0.135. The molecule has 0 aromatic heterocycles. The highest BCUT2D eigenvalue weighted by Crippen LogP contribution is 2.38. The van der Waals surface area contributed by atoms with E-state index < -0.39 is 5.97 Å². The van der Waals surface area contributed by atoms with E-state index >= 15 is 0 Å². The number of halogens is 1. The van der Waals surface area contributed by atoms with Crippen molar-refractivity contribution in [3.05, 3.63) is 33.8 Å². The van der Waals surface area contributed by atoms with Crippen molar-refractivity contribution in [2.24, 2.45) is 5.92 Å². The van der Waals surface area contributed by atoms with Crippen LogP contribution in [0.1, 0.15) is 24.0 Å². The van der Waals surface area contributed by atoms with Crippen LogP contribution in [0.25, 0.3) is 0 Å². The van der Waals surface area contributed by atoms with Gasteiger partial charge in [0.2, 0.25) is 0 Å². The molecule has 0 radical (unpaired) electrons. The predicted octanol–water partition coefficient (Wildman–Crippen LogP) is 2.81. The first-order chi connectivity index (χ1) is 6.59. The second-order valence-electron chi connectivity index (χ2n) is 3.78. The van der Waals surface area contributed by atoms with Crippen molar-refractivity contribution in [1.82, 2.24) is 0 Å². The van der Waals surface area contributed by atoms with Crippen LogP contribution in [-0.2, 0) is 11.2 Å². The summed E-state index contributed by atoms with van der Waals surface area (Å²) in [6, 6.07) is 6.02. The lowest BCUT2D eigenvalue weighted by Gasteiger charge is -2.09. The molecule has 0 spiro atoms. The van der Waals surface area contributed by atoms with Crippen LogP contribution in [0.5, 0.6) is 0 Å². The summed E-state index contributed by atoms with van der Waals surface area (Å²) in [4.78, 5) is 11.0. The van der Waals surface area contributed by atoms with Gasteiger partial charge >= 0.3 is 5.97 Å². The third-order valence-electron chi connectivity index (χ3n) is 2.96. The molecular weight excluding hydrogens is 244 g/mol. The molecule has 1 aromatic carbocycles. The van der Waals surface area contributed by atoms with Crippen molar-refractivity contribution in [3.8, 4) is 0 Å². The van der Waals surface area contributed by atoms with E-state index in [0.29, 0.717) is 6.42 Å². The number of benzene rings is 1. The fraction of sp³-hybridized carbons (Fsp3) is 0.364. The fourth-order valence-electron chi connectivity index (χ4n) is 2.13. The molecule has 14 heavy (non-hydrogen) atoms. The van der Waals surface area contributed by atoms with E-state index in [-0.39, 0.29) is 11.8 Å². The Balaban J connectivity index is 2.40. The highest BCUT2D eigenvalue weighted by Gasteiger charge is 2.33. The zero-order valence-electron chi connectivity index (χ0n) is 7.83. The molecule has 2 nitrogen and oxygen atoms in total. The van der Waals surface area contributed by atoms with E-state index in [1.54, 1.807) is 0 Å². The van der Waals surface area contributed by atoms with Gasteiger partial charge in [-0.25, -0.2) is 0 Å². The van der Waals surface area contributed by atoms with Crippen LogP contribution < -0.4 is 0 Å². The lowest BCUT2D eigenvalue weighted by atomic mass is 9.95. The minimum atomic E-state index is -0.690. The molecule has 0 saturated carbocycles. The van der Waals surface area contributed by atoms with Crippen molar-refractivity contribution in [1.29, 1.82) is 0 Å². The van der Waals surface area contributed by atoms with Crippen molar-refractivity contribution in [3.63, 3.8) is 0 Å². The van der Waals surface area contributed by atoms with Crippen LogP contribution in [0.3, 0.4) is 0 Å². The van der Waals surface area contributed by atoms with Crippen LogP contribution in [0.4, 0.5) is 0 Å². The molecule has 0 heterocycles.